The van der Waals surface area contributed by atoms with E-state index in [9.17, 15) is 4.79 Å². The van der Waals surface area contributed by atoms with Gasteiger partial charge in [0.15, 0.2) is 0 Å². The van der Waals surface area contributed by atoms with Gasteiger partial charge in [0, 0.05) is 11.6 Å². The number of hydrogen-bond donors (Lipinski definition) is 1. The van der Waals surface area contributed by atoms with Gasteiger partial charge in [-0.3, -0.25) is 4.79 Å². The van der Waals surface area contributed by atoms with Crippen molar-refractivity contribution in [1.29, 1.82) is 0 Å². The molecule has 1 N–H and O–H groups in total. The molecule has 2 rings (SSSR count). The molecule has 1 aliphatic heterocycles. The third-order valence-electron chi connectivity index (χ3n) is 4.09. The fourth-order valence-corrected chi connectivity index (χ4v) is 2.15. The average molecular weight is 289 g/mol. The number of hydrogen-bond acceptors (Lipinski definition) is 3. The molecule has 1 aliphatic rings. The number of amides is 1. The van der Waals surface area contributed by atoms with Crippen LogP contribution in [0.4, 0.5) is 0 Å². The van der Waals surface area contributed by atoms with Gasteiger partial charge in [0.2, 0.25) is 0 Å². The Hall–Kier alpha value is -1.33. The lowest BCUT2D eigenvalue weighted by molar-refractivity contribution is 0.00578. The number of nitrogens with one attached hydrogen (secondary N) is 1. The quantitative estimate of drug-likeness (QED) is 0.867. The van der Waals surface area contributed by atoms with Gasteiger partial charge in [-0.25, -0.2) is 0 Å². The number of benzene rings is 1. The molecule has 0 radical (unpaired) electrons. The van der Waals surface area contributed by atoms with Gasteiger partial charge in [-0.15, -0.1) is 0 Å². The van der Waals surface area contributed by atoms with Crippen LogP contribution >= 0.6 is 0 Å². The lowest BCUT2D eigenvalue weighted by Crippen LogP contribution is -2.41. The van der Waals surface area contributed by atoms with E-state index in [-0.39, 0.29) is 23.2 Å². The first-order valence-electron chi connectivity index (χ1n) is 7.39. The zero-order valence-electron chi connectivity index (χ0n) is 13.7. The Balaban J connectivity index is 2.21. The van der Waals surface area contributed by atoms with E-state index in [2.05, 4.69) is 5.32 Å². The summed E-state index contributed by atoms with van der Waals surface area (Å²) in [5, 5.41) is 2.89. The van der Waals surface area contributed by atoms with E-state index in [0.717, 1.165) is 5.46 Å². The van der Waals surface area contributed by atoms with Crippen molar-refractivity contribution < 1.29 is 14.1 Å². The summed E-state index contributed by atoms with van der Waals surface area (Å²) in [6.07, 6.45) is 0. The van der Waals surface area contributed by atoms with Crippen LogP contribution in [0.25, 0.3) is 0 Å². The van der Waals surface area contributed by atoms with Gasteiger partial charge in [-0.2, -0.15) is 0 Å². The lowest BCUT2D eigenvalue weighted by atomic mass is 9.78. The van der Waals surface area contributed by atoms with Crippen LogP contribution in [0.5, 0.6) is 0 Å². The first-order chi connectivity index (χ1) is 9.62. The van der Waals surface area contributed by atoms with Gasteiger partial charge in [-0.05, 0) is 59.1 Å². The van der Waals surface area contributed by atoms with Crippen molar-refractivity contribution in [2.45, 2.75) is 58.8 Å². The van der Waals surface area contributed by atoms with Crippen molar-refractivity contribution in [1.82, 2.24) is 5.32 Å². The second kappa shape index (κ2) is 5.46. The highest BCUT2D eigenvalue weighted by Crippen LogP contribution is 2.36. The normalized spacial score (nSPS) is 19.9. The van der Waals surface area contributed by atoms with Gasteiger partial charge in [-0.1, -0.05) is 12.1 Å². The predicted molar refractivity (Wildman–Crippen MR) is 84.8 cm³/mol. The third kappa shape index (κ3) is 3.30. The van der Waals surface area contributed by atoms with Crippen molar-refractivity contribution in [2.24, 2.45) is 0 Å². The Morgan fingerprint density at radius 3 is 2.24 bits per heavy atom. The van der Waals surface area contributed by atoms with Crippen molar-refractivity contribution in [3.8, 4) is 0 Å². The van der Waals surface area contributed by atoms with E-state index in [1.807, 2.05) is 59.7 Å². The van der Waals surface area contributed by atoms with Gasteiger partial charge in [0.25, 0.3) is 5.91 Å². The smallest absolute Gasteiger partial charge is 0.399 e. The van der Waals surface area contributed by atoms with E-state index in [0.29, 0.717) is 5.56 Å². The highest BCUT2D eigenvalue weighted by atomic mass is 16.7. The third-order valence-corrected chi connectivity index (χ3v) is 4.09. The molecule has 0 bridgehead atoms. The fourth-order valence-electron chi connectivity index (χ4n) is 2.15. The Kier molecular flexibility index (Phi) is 4.18. The molecule has 1 saturated heterocycles. The van der Waals surface area contributed by atoms with Crippen LogP contribution in [-0.2, 0) is 9.31 Å². The van der Waals surface area contributed by atoms with E-state index in [1.54, 1.807) is 6.07 Å². The molecule has 0 atom stereocenters. The minimum Gasteiger partial charge on any atom is -0.399 e. The Morgan fingerprint density at radius 2 is 1.71 bits per heavy atom. The number of carbonyl (C=O) groups is 1. The molecule has 1 aromatic rings. The Morgan fingerprint density at radius 1 is 1.14 bits per heavy atom. The number of rotatable bonds is 3. The van der Waals surface area contributed by atoms with Crippen LogP contribution in [0, 0.1) is 0 Å². The van der Waals surface area contributed by atoms with Crippen molar-refractivity contribution >= 4 is 18.5 Å². The molecule has 0 spiro atoms. The van der Waals surface area contributed by atoms with Gasteiger partial charge in [0.05, 0.1) is 11.2 Å². The minimum absolute atomic E-state index is 0.0802. The van der Waals surface area contributed by atoms with E-state index in [4.69, 9.17) is 9.31 Å². The summed E-state index contributed by atoms with van der Waals surface area (Å²) in [5.74, 6) is -0.0802. The molecular formula is C16H24BNO3. The summed E-state index contributed by atoms with van der Waals surface area (Å²) in [7, 11) is -0.443. The summed E-state index contributed by atoms with van der Waals surface area (Å²) in [6.45, 7) is 11.9. The largest absolute Gasteiger partial charge is 0.494 e. The topological polar surface area (TPSA) is 47.6 Å². The van der Waals surface area contributed by atoms with Gasteiger partial charge >= 0.3 is 7.12 Å². The van der Waals surface area contributed by atoms with E-state index < -0.39 is 7.12 Å². The summed E-state index contributed by atoms with van der Waals surface area (Å²) in [6, 6.07) is 7.52. The maximum atomic E-state index is 12.1. The molecule has 1 amide bonds. The molecule has 4 nitrogen and oxygen atoms in total. The van der Waals surface area contributed by atoms with Crippen LogP contribution in [0.3, 0.4) is 0 Å². The zero-order valence-corrected chi connectivity index (χ0v) is 13.7. The molecule has 0 saturated carbocycles. The maximum absolute atomic E-state index is 12.1. The molecule has 5 heteroatoms. The summed E-state index contributed by atoms with van der Waals surface area (Å²) in [5.41, 5.74) is 0.725. The lowest BCUT2D eigenvalue weighted by Gasteiger charge is -2.32. The standard InChI is InChI=1S/C16H24BNO3/c1-11(2)18-14(19)12-8-7-9-13(10-12)17-20-15(3,4)16(5,6)21-17/h7-11H,1-6H3,(H,18,19). The Labute approximate surface area is 127 Å². The molecule has 0 aromatic heterocycles. The molecule has 0 aliphatic carbocycles. The molecule has 21 heavy (non-hydrogen) atoms. The predicted octanol–water partition coefficient (Wildman–Crippen LogP) is 2.12. The van der Waals surface area contributed by atoms with Crippen molar-refractivity contribution in [3.05, 3.63) is 29.8 Å². The van der Waals surface area contributed by atoms with E-state index >= 15 is 0 Å². The van der Waals surface area contributed by atoms with E-state index in [1.165, 1.54) is 0 Å². The van der Waals surface area contributed by atoms with Gasteiger partial charge in [0.1, 0.15) is 0 Å². The van der Waals surface area contributed by atoms with Crippen LogP contribution in [0.2, 0.25) is 0 Å². The first-order valence-corrected chi connectivity index (χ1v) is 7.39. The van der Waals surface area contributed by atoms with Crippen LogP contribution in [-0.4, -0.2) is 30.3 Å². The van der Waals surface area contributed by atoms with Crippen molar-refractivity contribution in [2.75, 3.05) is 0 Å². The van der Waals surface area contributed by atoms with Crippen LogP contribution in [0.15, 0.2) is 24.3 Å². The molecule has 114 valence electrons. The number of carbonyl (C=O) groups excluding carboxylic acids is 1. The maximum Gasteiger partial charge on any atom is 0.494 e. The minimum atomic E-state index is -0.443. The first kappa shape index (κ1) is 16.1. The monoisotopic (exact) mass is 289 g/mol. The van der Waals surface area contributed by atoms with Crippen LogP contribution < -0.4 is 10.8 Å². The molecule has 1 aromatic carbocycles. The summed E-state index contributed by atoms with van der Waals surface area (Å²) in [4.78, 5) is 12.1. The average Bonchev–Trinajstić information content (AvgIpc) is 2.58. The second-order valence-corrected chi connectivity index (χ2v) is 6.84. The highest BCUT2D eigenvalue weighted by molar-refractivity contribution is 6.62. The Bertz CT molecular complexity index is 524. The van der Waals surface area contributed by atoms with Crippen LogP contribution in [0.1, 0.15) is 51.9 Å². The summed E-state index contributed by atoms with van der Waals surface area (Å²) >= 11 is 0. The van der Waals surface area contributed by atoms with Crippen molar-refractivity contribution in [3.63, 3.8) is 0 Å². The zero-order chi connectivity index (χ0) is 15.8. The molecule has 0 unspecified atom stereocenters. The molecule has 1 fully saturated rings. The van der Waals surface area contributed by atoms with Gasteiger partial charge < -0.3 is 14.6 Å². The second-order valence-electron chi connectivity index (χ2n) is 6.84. The molecule has 1 heterocycles. The highest BCUT2D eigenvalue weighted by Gasteiger charge is 2.51. The summed E-state index contributed by atoms with van der Waals surface area (Å²) < 4.78 is 12.0. The molecular weight excluding hydrogens is 265 g/mol. The SMILES string of the molecule is CC(C)NC(=O)c1cccc(B2OC(C)(C)C(C)(C)O2)c1. The fraction of sp³-hybridized carbons (Fsp3) is 0.562.